The zero-order valence-electron chi connectivity index (χ0n) is 12.8. The van der Waals surface area contributed by atoms with Crippen molar-refractivity contribution >= 4 is 11.9 Å². The number of rotatable bonds is 8. The third-order valence-corrected chi connectivity index (χ3v) is 2.72. The third-order valence-electron chi connectivity index (χ3n) is 2.72. The van der Waals surface area contributed by atoms with Gasteiger partial charge in [-0.2, -0.15) is 0 Å². The minimum Gasteiger partial charge on any atom is -0.465 e. The Balaban J connectivity index is 5.38. The van der Waals surface area contributed by atoms with Crippen LogP contribution in [-0.4, -0.2) is 25.2 Å². The number of hydrogen-bond donors (Lipinski definition) is 0. The highest BCUT2D eigenvalue weighted by atomic mass is 16.6. The molecule has 4 nitrogen and oxygen atoms in total. The summed E-state index contributed by atoms with van der Waals surface area (Å²) in [6.45, 7) is 7.78. The van der Waals surface area contributed by atoms with Crippen LogP contribution in [-0.2, 0) is 19.1 Å². The highest BCUT2D eigenvalue weighted by molar-refractivity contribution is 6.00. The SMILES string of the molecule is C#CCC(C/C=C/C(C)C)(C(=O)OCC)C(=O)OCC. The molecule has 0 unspecified atom stereocenters. The second-order valence-electron chi connectivity index (χ2n) is 4.78. The lowest BCUT2D eigenvalue weighted by Gasteiger charge is -2.26. The Bertz CT molecular complexity index is 370. The van der Waals surface area contributed by atoms with Gasteiger partial charge < -0.3 is 9.47 Å². The summed E-state index contributed by atoms with van der Waals surface area (Å²) >= 11 is 0. The molecular formula is C16H24O4. The van der Waals surface area contributed by atoms with Gasteiger partial charge in [0.15, 0.2) is 5.41 Å². The number of hydrogen-bond acceptors (Lipinski definition) is 4. The Labute approximate surface area is 121 Å². The van der Waals surface area contributed by atoms with Crippen LogP contribution < -0.4 is 0 Å². The number of esters is 2. The standard InChI is InChI=1S/C16H24O4/c1-6-11-16(14(17)19-7-2,15(18)20-8-3)12-9-10-13(4)5/h1,9-10,13H,7-8,11-12H2,2-5H3/b10-9+. The summed E-state index contributed by atoms with van der Waals surface area (Å²) in [4.78, 5) is 24.4. The van der Waals surface area contributed by atoms with Gasteiger partial charge in [-0.3, -0.25) is 9.59 Å². The van der Waals surface area contributed by atoms with Crippen molar-refractivity contribution < 1.29 is 19.1 Å². The minimum atomic E-state index is -1.44. The van der Waals surface area contributed by atoms with E-state index in [2.05, 4.69) is 5.92 Å². The molecule has 20 heavy (non-hydrogen) atoms. The van der Waals surface area contributed by atoms with E-state index in [-0.39, 0.29) is 26.1 Å². The van der Waals surface area contributed by atoms with Crippen LogP contribution in [0.2, 0.25) is 0 Å². The van der Waals surface area contributed by atoms with Crippen LogP contribution in [0.3, 0.4) is 0 Å². The maximum Gasteiger partial charge on any atom is 0.324 e. The second kappa shape index (κ2) is 9.19. The van der Waals surface area contributed by atoms with Crippen molar-refractivity contribution in [3.8, 4) is 12.3 Å². The molecule has 0 N–H and O–H groups in total. The van der Waals surface area contributed by atoms with Crippen LogP contribution in [0.4, 0.5) is 0 Å². The Hall–Kier alpha value is -1.76. The number of allylic oxidation sites excluding steroid dienone is 2. The molecule has 0 atom stereocenters. The average molecular weight is 280 g/mol. The molecule has 0 aromatic heterocycles. The van der Waals surface area contributed by atoms with Crippen molar-refractivity contribution in [2.24, 2.45) is 11.3 Å². The van der Waals surface area contributed by atoms with Crippen molar-refractivity contribution in [2.75, 3.05) is 13.2 Å². The van der Waals surface area contributed by atoms with Gasteiger partial charge in [0, 0.05) is 6.42 Å². The first-order chi connectivity index (χ1) is 9.44. The summed E-state index contributed by atoms with van der Waals surface area (Å²) in [6.07, 6.45) is 9.19. The molecule has 0 aliphatic rings. The molecule has 0 saturated heterocycles. The molecule has 0 aliphatic carbocycles. The van der Waals surface area contributed by atoms with E-state index in [1.807, 2.05) is 19.9 Å². The zero-order chi connectivity index (χ0) is 15.6. The molecule has 0 saturated carbocycles. The van der Waals surface area contributed by atoms with Crippen LogP contribution >= 0.6 is 0 Å². The highest BCUT2D eigenvalue weighted by Crippen LogP contribution is 2.31. The Morgan fingerprint density at radius 2 is 1.70 bits per heavy atom. The molecule has 4 heteroatoms. The second-order valence-corrected chi connectivity index (χ2v) is 4.78. The van der Waals surface area contributed by atoms with Gasteiger partial charge in [0.25, 0.3) is 0 Å². The van der Waals surface area contributed by atoms with Gasteiger partial charge in [-0.05, 0) is 26.2 Å². The van der Waals surface area contributed by atoms with Gasteiger partial charge in [0.2, 0.25) is 0 Å². The lowest BCUT2D eigenvalue weighted by molar-refractivity contribution is -0.171. The summed E-state index contributed by atoms with van der Waals surface area (Å²) in [6, 6.07) is 0. The van der Waals surface area contributed by atoms with Crippen molar-refractivity contribution in [1.29, 1.82) is 0 Å². The number of carbonyl (C=O) groups is 2. The van der Waals surface area contributed by atoms with Crippen molar-refractivity contribution in [2.45, 2.75) is 40.5 Å². The molecule has 0 amide bonds. The molecule has 0 aromatic carbocycles. The van der Waals surface area contributed by atoms with Crippen LogP contribution in [0.15, 0.2) is 12.2 Å². The summed E-state index contributed by atoms with van der Waals surface area (Å²) in [5.41, 5.74) is -1.44. The van der Waals surface area contributed by atoms with Crippen LogP contribution in [0.25, 0.3) is 0 Å². The average Bonchev–Trinajstić information content (AvgIpc) is 2.37. The normalized spacial score (nSPS) is 11.4. The lowest BCUT2D eigenvalue weighted by atomic mass is 9.81. The summed E-state index contributed by atoms with van der Waals surface area (Å²) in [5.74, 6) is 1.47. The topological polar surface area (TPSA) is 52.6 Å². The summed E-state index contributed by atoms with van der Waals surface area (Å²) in [5, 5.41) is 0. The Morgan fingerprint density at radius 1 is 1.20 bits per heavy atom. The van der Waals surface area contributed by atoms with Gasteiger partial charge in [-0.1, -0.05) is 26.0 Å². The fourth-order valence-electron chi connectivity index (χ4n) is 1.72. The van der Waals surface area contributed by atoms with E-state index in [1.54, 1.807) is 19.9 Å². The highest BCUT2D eigenvalue weighted by Gasteiger charge is 2.47. The molecule has 0 spiro atoms. The minimum absolute atomic E-state index is 0.0346. The third kappa shape index (κ3) is 5.08. The van der Waals surface area contributed by atoms with E-state index in [9.17, 15) is 9.59 Å². The monoisotopic (exact) mass is 280 g/mol. The summed E-state index contributed by atoms with van der Waals surface area (Å²) < 4.78 is 10.0. The first-order valence-electron chi connectivity index (χ1n) is 6.89. The predicted molar refractivity (Wildman–Crippen MR) is 77.7 cm³/mol. The summed E-state index contributed by atoms with van der Waals surface area (Å²) in [7, 11) is 0. The smallest absolute Gasteiger partial charge is 0.324 e. The van der Waals surface area contributed by atoms with E-state index in [0.29, 0.717) is 5.92 Å². The van der Waals surface area contributed by atoms with Gasteiger partial charge in [0.1, 0.15) is 0 Å². The molecule has 0 aromatic rings. The molecule has 0 bridgehead atoms. The van der Waals surface area contributed by atoms with Crippen molar-refractivity contribution in [3.63, 3.8) is 0 Å². The van der Waals surface area contributed by atoms with Gasteiger partial charge in [-0.15, -0.1) is 12.3 Å². The van der Waals surface area contributed by atoms with Gasteiger partial charge in [0.05, 0.1) is 13.2 Å². The fraction of sp³-hybridized carbons (Fsp3) is 0.625. The van der Waals surface area contributed by atoms with Gasteiger partial charge in [-0.25, -0.2) is 0 Å². The van der Waals surface area contributed by atoms with E-state index in [1.165, 1.54) is 0 Å². The van der Waals surface area contributed by atoms with Gasteiger partial charge >= 0.3 is 11.9 Å². The molecule has 0 fully saturated rings. The number of terminal acetylenes is 1. The molecule has 0 heterocycles. The molecule has 0 aliphatic heterocycles. The van der Waals surface area contributed by atoms with Crippen molar-refractivity contribution in [3.05, 3.63) is 12.2 Å². The quantitative estimate of drug-likeness (QED) is 0.297. The van der Waals surface area contributed by atoms with E-state index < -0.39 is 17.4 Å². The zero-order valence-corrected chi connectivity index (χ0v) is 12.8. The Kier molecular flexibility index (Phi) is 8.38. The van der Waals surface area contributed by atoms with Crippen molar-refractivity contribution in [1.82, 2.24) is 0 Å². The fourth-order valence-corrected chi connectivity index (χ4v) is 1.72. The Morgan fingerprint density at radius 3 is 2.05 bits per heavy atom. The number of carbonyl (C=O) groups excluding carboxylic acids is 2. The molecular weight excluding hydrogens is 256 g/mol. The lowest BCUT2D eigenvalue weighted by Crippen LogP contribution is -2.41. The van der Waals surface area contributed by atoms with Crippen LogP contribution in [0.5, 0.6) is 0 Å². The maximum absolute atomic E-state index is 12.2. The van der Waals surface area contributed by atoms with E-state index in [0.717, 1.165) is 0 Å². The molecule has 112 valence electrons. The number of ether oxygens (including phenoxy) is 2. The largest absolute Gasteiger partial charge is 0.465 e. The van der Waals surface area contributed by atoms with Crippen LogP contribution in [0, 0.1) is 23.7 Å². The van der Waals surface area contributed by atoms with E-state index in [4.69, 9.17) is 15.9 Å². The van der Waals surface area contributed by atoms with Crippen LogP contribution in [0.1, 0.15) is 40.5 Å². The maximum atomic E-state index is 12.2. The first kappa shape index (κ1) is 18.2. The molecule has 0 radical (unpaired) electrons. The predicted octanol–water partition coefficient (Wildman–Crippen LogP) is 2.72. The van der Waals surface area contributed by atoms with E-state index >= 15 is 0 Å². The first-order valence-corrected chi connectivity index (χ1v) is 6.89. The molecule has 0 rings (SSSR count).